The van der Waals surface area contributed by atoms with Crippen molar-refractivity contribution in [3.63, 3.8) is 0 Å². The van der Waals surface area contributed by atoms with E-state index in [4.69, 9.17) is 4.74 Å². The summed E-state index contributed by atoms with van der Waals surface area (Å²) in [6, 6.07) is 16.4. The van der Waals surface area contributed by atoms with Crippen LogP contribution in [0.5, 0.6) is 5.75 Å². The predicted octanol–water partition coefficient (Wildman–Crippen LogP) is 4.25. The van der Waals surface area contributed by atoms with Crippen LogP contribution in [0.1, 0.15) is 61.1 Å². The lowest BCUT2D eigenvalue weighted by molar-refractivity contribution is 0.192. The van der Waals surface area contributed by atoms with Crippen LogP contribution in [-0.2, 0) is 0 Å². The van der Waals surface area contributed by atoms with Crippen molar-refractivity contribution in [1.29, 1.82) is 0 Å². The van der Waals surface area contributed by atoms with E-state index in [-0.39, 0.29) is 17.6 Å². The van der Waals surface area contributed by atoms with Crippen molar-refractivity contribution in [3.05, 3.63) is 75.8 Å². The Kier molecular flexibility index (Phi) is 6.84. The van der Waals surface area contributed by atoms with Crippen molar-refractivity contribution in [3.8, 4) is 5.75 Å². The van der Waals surface area contributed by atoms with E-state index in [2.05, 4.69) is 54.6 Å². The third-order valence-corrected chi connectivity index (χ3v) is 8.13. The van der Waals surface area contributed by atoms with Crippen molar-refractivity contribution in [2.24, 2.45) is 0 Å². The molecule has 0 unspecified atom stereocenters. The highest BCUT2D eigenvalue weighted by Crippen LogP contribution is 2.34. The number of nitrogens with zero attached hydrogens (tertiary/aromatic N) is 6. The number of ether oxygens (including phenoxy) is 1. The van der Waals surface area contributed by atoms with Crippen molar-refractivity contribution < 1.29 is 4.74 Å². The quantitative estimate of drug-likeness (QED) is 0.412. The zero-order valence-corrected chi connectivity index (χ0v) is 22.1. The smallest absolute Gasteiger partial charge is 0.253 e. The summed E-state index contributed by atoms with van der Waals surface area (Å²) in [5.41, 5.74) is 3.77. The number of aromatic nitrogens is 5. The normalized spacial score (nSPS) is 18.1. The van der Waals surface area contributed by atoms with Gasteiger partial charge in [0.2, 0.25) is 0 Å². The zero-order valence-electron chi connectivity index (χ0n) is 22.1. The van der Waals surface area contributed by atoms with E-state index in [0.29, 0.717) is 5.56 Å². The van der Waals surface area contributed by atoms with Crippen LogP contribution in [0.25, 0.3) is 10.9 Å². The summed E-state index contributed by atoms with van der Waals surface area (Å²) in [5, 5.41) is 14.2. The summed E-state index contributed by atoms with van der Waals surface area (Å²) < 4.78 is 7.34. The highest BCUT2D eigenvalue weighted by Gasteiger charge is 2.34. The number of hydrogen-bond donors (Lipinski definition) is 1. The van der Waals surface area contributed by atoms with Gasteiger partial charge in [-0.1, -0.05) is 31.4 Å². The van der Waals surface area contributed by atoms with E-state index >= 15 is 0 Å². The van der Waals surface area contributed by atoms with Crippen LogP contribution in [-0.4, -0.2) is 63.4 Å². The second kappa shape index (κ2) is 10.6. The van der Waals surface area contributed by atoms with E-state index in [9.17, 15) is 4.79 Å². The molecule has 0 bridgehead atoms. The molecule has 3 heterocycles. The second-order valence-corrected chi connectivity index (χ2v) is 10.5. The number of hydrogen-bond acceptors (Lipinski definition) is 7. The van der Waals surface area contributed by atoms with E-state index in [1.54, 1.807) is 7.11 Å². The fourth-order valence-corrected chi connectivity index (χ4v) is 6.03. The van der Waals surface area contributed by atoms with Gasteiger partial charge >= 0.3 is 0 Å². The van der Waals surface area contributed by atoms with Crippen molar-refractivity contribution in [2.45, 2.75) is 51.1 Å². The maximum Gasteiger partial charge on any atom is 0.253 e. The molecule has 1 atom stereocenters. The summed E-state index contributed by atoms with van der Waals surface area (Å²) in [7, 11) is 1.69. The summed E-state index contributed by atoms with van der Waals surface area (Å²) in [6.07, 6.45) is 5.78. The number of nitrogens with one attached hydrogen (secondary N) is 1. The van der Waals surface area contributed by atoms with Gasteiger partial charge in [-0.25, -0.2) is 4.68 Å². The Morgan fingerprint density at radius 2 is 1.74 bits per heavy atom. The molecule has 1 saturated heterocycles. The van der Waals surface area contributed by atoms with Gasteiger partial charge in [-0.2, -0.15) is 0 Å². The number of pyridine rings is 1. The van der Waals surface area contributed by atoms with Gasteiger partial charge in [0.25, 0.3) is 5.56 Å². The lowest BCUT2D eigenvalue weighted by atomic mass is 9.95. The predicted molar refractivity (Wildman–Crippen MR) is 148 cm³/mol. The number of tetrazole rings is 1. The minimum atomic E-state index is -0.320. The monoisotopic (exact) mass is 513 g/mol. The van der Waals surface area contributed by atoms with Gasteiger partial charge in [-0.15, -0.1) is 5.10 Å². The molecule has 0 radical (unpaired) electrons. The molecule has 9 nitrogen and oxygen atoms in total. The van der Waals surface area contributed by atoms with E-state index < -0.39 is 0 Å². The first-order chi connectivity index (χ1) is 18.6. The van der Waals surface area contributed by atoms with Crippen LogP contribution in [0.4, 0.5) is 5.69 Å². The van der Waals surface area contributed by atoms with E-state index in [1.165, 1.54) is 24.9 Å². The average Bonchev–Trinajstić information content (AvgIpc) is 3.44. The molecule has 1 N–H and O–H groups in total. The Balaban J connectivity index is 1.36. The Morgan fingerprint density at radius 1 is 0.974 bits per heavy atom. The Bertz CT molecular complexity index is 1450. The molecular weight excluding hydrogens is 478 g/mol. The molecule has 2 aromatic carbocycles. The molecule has 1 saturated carbocycles. The fraction of sp³-hybridized carbons (Fsp3) is 0.448. The molecule has 1 aliphatic carbocycles. The average molecular weight is 514 g/mol. The molecule has 4 aromatic rings. The number of methoxy groups -OCH3 is 1. The lowest BCUT2D eigenvalue weighted by Gasteiger charge is -2.40. The third kappa shape index (κ3) is 4.78. The number of H-pyrrole nitrogens is 1. The molecule has 0 amide bonds. The van der Waals surface area contributed by atoms with Crippen LogP contribution in [0.3, 0.4) is 0 Å². The molecule has 6 rings (SSSR count). The maximum atomic E-state index is 13.6. The summed E-state index contributed by atoms with van der Waals surface area (Å²) >= 11 is 0. The Labute approximate surface area is 222 Å². The van der Waals surface area contributed by atoms with Gasteiger partial charge in [0.15, 0.2) is 5.82 Å². The molecule has 2 aromatic heterocycles. The number of aryl methyl sites for hydroxylation is 1. The molecule has 9 heteroatoms. The number of aromatic amines is 1. The summed E-state index contributed by atoms with van der Waals surface area (Å²) in [5.74, 6) is 1.62. The second-order valence-electron chi connectivity index (χ2n) is 10.5. The molecule has 2 aliphatic rings. The zero-order chi connectivity index (χ0) is 26.1. The van der Waals surface area contributed by atoms with Crippen molar-refractivity contribution >= 4 is 16.6 Å². The number of piperazine rings is 1. The maximum absolute atomic E-state index is 13.6. The SMILES string of the molecule is COc1ccc(N2CCN([C@@H](c3cc4ccc(C)cc4[nH]c3=O)c3nnnn3C3CCCCC3)CC2)cc1. The van der Waals surface area contributed by atoms with Crippen molar-refractivity contribution in [2.75, 3.05) is 38.2 Å². The minimum absolute atomic E-state index is 0.0797. The van der Waals surface area contributed by atoms with Crippen LogP contribution >= 0.6 is 0 Å². The van der Waals surface area contributed by atoms with Crippen LogP contribution in [0.2, 0.25) is 0 Å². The van der Waals surface area contributed by atoms with Gasteiger partial charge in [0, 0.05) is 42.9 Å². The molecule has 1 aliphatic heterocycles. The first kappa shape index (κ1) is 24.6. The number of fused-ring (bicyclic) bond motifs is 1. The van der Waals surface area contributed by atoms with E-state index in [0.717, 1.165) is 67.1 Å². The summed E-state index contributed by atoms with van der Waals surface area (Å²) in [4.78, 5) is 21.5. The third-order valence-electron chi connectivity index (χ3n) is 8.13. The van der Waals surface area contributed by atoms with Gasteiger partial charge in [0.1, 0.15) is 11.8 Å². The highest BCUT2D eigenvalue weighted by atomic mass is 16.5. The molecule has 2 fully saturated rings. The Hall–Kier alpha value is -3.72. The van der Waals surface area contributed by atoms with Crippen LogP contribution in [0.15, 0.2) is 53.3 Å². The topological polar surface area (TPSA) is 92.2 Å². The number of anilines is 1. The van der Waals surface area contributed by atoms with Crippen molar-refractivity contribution in [1.82, 2.24) is 30.1 Å². The molecular formula is C29H35N7O2. The van der Waals surface area contributed by atoms with Gasteiger partial charge in [-0.05, 0) is 77.5 Å². The van der Waals surface area contributed by atoms with E-state index in [1.807, 2.05) is 35.9 Å². The standard InChI is InChI=1S/C29H35N7O2/c1-20-8-9-21-19-25(29(37)30-26(21)18-20)27(28-31-32-33-36(28)23-6-4-3-5-7-23)35-16-14-34(15-17-35)22-10-12-24(38-2)13-11-22/h8-13,18-19,23,27H,3-7,14-17H2,1-2H3,(H,30,37)/t27-/m0/s1. The fourth-order valence-electron chi connectivity index (χ4n) is 6.03. The Morgan fingerprint density at radius 3 is 2.47 bits per heavy atom. The van der Waals surface area contributed by atoms with Gasteiger partial charge in [0.05, 0.1) is 13.2 Å². The first-order valence-corrected chi connectivity index (χ1v) is 13.6. The lowest BCUT2D eigenvalue weighted by Crippen LogP contribution is -2.49. The van der Waals surface area contributed by atoms with Gasteiger partial charge < -0.3 is 14.6 Å². The van der Waals surface area contributed by atoms with Gasteiger partial charge in [-0.3, -0.25) is 9.69 Å². The number of benzene rings is 2. The van der Waals surface area contributed by atoms with Crippen LogP contribution in [0, 0.1) is 6.92 Å². The highest BCUT2D eigenvalue weighted by molar-refractivity contribution is 5.79. The first-order valence-electron chi connectivity index (χ1n) is 13.6. The summed E-state index contributed by atoms with van der Waals surface area (Å²) in [6.45, 7) is 5.31. The molecule has 0 spiro atoms. The molecule has 38 heavy (non-hydrogen) atoms. The van der Waals surface area contributed by atoms with Crippen LogP contribution < -0.4 is 15.2 Å². The largest absolute Gasteiger partial charge is 0.497 e. The minimum Gasteiger partial charge on any atom is -0.497 e. The number of rotatable bonds is 6. The molecule has 198 valence electrons.